The number of ether oxygens (including phenoxy) is 1. The summed E-state index contributed by atoms with van der Waals surface area (Å²) in [5, 5.41) is 0. The summed E-state index contributed by atoms with van der Waals surface area (Å²) in [4.78, 5) is 24.4. The molecule has 1 amide bonds. The number of nitrogens with zero attached hydrogens (tertiary/aromatic N) is 1. The molecule has 0 heterocycles. The summed E-state index contributed by atoms with van der Waals surface area (Å²) in [7, 11) is 0. The molecule has 0 radical (unpaired) electrons. The highest BCUT2D eigenvalue weighted by Crippen LogP contribution is 2.06. The zero-order valence-corrected chi connectivity index (χ0v) is 9.82. The van der Waals surface area contributed by atoms with Crippen molar-refractivity contribution in [2.24, 2.45) is 0 Å². The predicted octanol–water partition coefficient (Wildman–Crippen LogP) is 1.36. The van der Waals surface area contributed by atoms with Gasteiger partial charge < -0.3 is 9.64 Å². The van der Waals surface area contributed by atoms with Crippen LogP contribution in [0.2, 0.25) is 0 Å². The van der Waals surface area contributed by atoms with Gasteiger partial charge in [-0.1, -0.05) is 12.7 Å². The minimum absolute atomic E-state index is 0.0196. The predicted molar refractivity (Wildman–Crippen MR) is 58.3 cm³/mol. The molecule has 0 aliphatic heterocycles. The Kier molecular flexibility index (Phi) is 5.67. The molecule has 0 aromatic heterocycles. The van der Waals surface area contributed by atoms with Crippen molar-refractivity contribution in [3.63, 3.8) is 0 Å². The Morgan fingerprint density at radius 1 is 1.27 bits per heavy atom. The van der Waals surface area contributed by atoms with E-state index >= 15 is 0 Å². The largest absolute Gasteiger partial charge is 0.454 e. The minimum atomic E-state index is -0.822. The van der Waals surface area contributed by atoms with E-state index in [1.165, 1.54) is 11.0 Å². The Bertz CT molecular complexity index is 238. The number of amides is 1. The van der Waals surface area contributed by atoms with E-state index in [0.717, 1.165) is 0 Å². The third-order valence-electron chi connectivity index (χ3n) is 1.85. The summed E-state index contributed by atoms with van der Waals surface area (Å²) in [5.74, 6) is -1.42. The Labute approximate surface area is 90.9 Å². The van der Waals surface area contributed by atoms with Crippen molar-refractivity contribution in [1.29, 1.82) is 0 Å². The number of carbonyl (C=O) groups excluding carboxylic acids is 2. The maximum absolute atomic E-state index is 11.6. The molecule has 0 aromatic rings. The third kappa shape index (κ3) is 4.14. The Morgan fingerprint density at radius 3 is 2.07 bits per heavy atom. The second-order valence-electron chi connectivity index (χ2n) is 3.79. The highest BCUT2D eigenvalue weighted by molar-refractivity contribution is 6.32. The topological polar surface area (TPSA) is 46.6 Å². The van der Waals surface area contributed by atoms with E-state index in [1.807, 2.05) is 27.7 Å². The summed E-state index contributed by atoms with van der Waals surface area (Å²) in [6.07, 6.45) is 1.43. The molecule has 0 aromatic carbocycles. The van der Waals surface area contributed by atoms with Crippen molar-refractivity contribution < 1.29 is 14.3 Å². The molecular weight excluding hydrogens is 194 g/mol. The zero-order valence-electron chi connectivity index (χ0n) is 9.82. The fraction of sp³-hybridized carbons (Fsp3) is 0.636. The van der Waals surface area contributed by atoms with Gasteiger partial charge in [-0.2, -0.15) is 0 Å². The van der Waals surface area contributed by atoms with E-state index in [4.69, 9.17) is 0 Å². The lowest BCUT2D eigenvalue weighted by molar-refractivity contribution is -0.161. The summed E-state index contributed by atoms with van der Waals surface area (Å²) in [6, 6.07) is -0.0393. The minimum Gasteiger partial charge on any atom is -0.454 e. The number of hydrogen-bond donors (Lipinski definition) is 0. The van der Waals surface area contributed by atoms with Gasteiger partial charge in [0.2, 0.25) is 0 Å². The fourth-order valence-electron chi connectivity index (χ4n) is 1.37. The first-order chi connectivity index (χ1) is 6.91. The highest BCUT2D eigenvalue weighted by Gasteiger charge is 2.27. The van der Waals surface area contributed by atoms with Crippen LogP contribution in [0, 0.1) is 0 Å². The maximum Gasteiger partial charge on any atom is 0.397 e. The first-order valence-electron chi connectivity index (χ1n) is 5.02. The first-order valence-corrected chi connectivity index (χ1v) is 5.02. The van der Waals surface area contributed by atoms with Crippen molar-refractivity contribution in [3.05, 3.63) is 12.7 Å². The smallest absolute Gasteiger partial charge is 0.397 e. The standard InChI is InChI=1S/C11H19NO3/c1-6-7-15-11(14)10(13)12(8(2)3)9(4)5/h6,8-9H,1,7H2,2-5H3. The van der Waals surface area contributed by atoms with Crippen molar-refractivity contribution in [3.8, 4) is 0 Å². The highest BCUT2D eigenvalue weighted by atomic mass is 16.5. The van der Waals surface area contributed by atoms with E-state index < -0.39 is 11.9 Å². The molecule has 4 nitrogen and oxygen atoms in total. The average molecular weight is 213 g/mol. The first kappa shape index (κ1) is 13.7. The van der Waals surface area contributed by atoms with Gasteiger partial charge >= 0.3 is 11.9 Å². The number of hydrogen-bond acceptors (Lipinski definition) is 3. The lowest BCUT2D eigenvalue weighted by atomic mass is 10.2. The molecule has 0 fully saturated rings. The quantitative estimate of drug-likeness (QED) is 0.402. The zero-order chi connectivity index (χ0) is 12.0. The fourth-order valence-corrected chi connectivity index (χ4v) is 1.37. The van der Waals surface area contributed by atoms with E-state index in [1.54, 1.807) is 0 Å². The Morgan fingerprint density at radius 2 is 1.73 bits per heavy atom. The third-order valence-corrected chi connectivity index (χ3v) is 1.85. The van der Waals surface area contributed by atoms with Gasteiger partial charge in [0.15, 0.2) is 0 Å². The Balaban J connectivity index is 4.50. The molecule has 0 aliphatic carbocycles. The van der Waals surface area contributed by atoms with Crippen LogP contribution in [-0.4, -0.2) is 35.5 Å². The number of esters is 1. The van der Waals surface area contributed by atoms with Gasteiger partial charge in [0, 0.05) is 12.1 Å². The van der Waals surface area contributed by atoms with Crippen LogP contribution in [0.25, 0.3) is 0 Å². The monoisotopic (exact) mass is 213 g/mol. The van der Waals surface area contributed by atoms with Crippen LogP contribution in [0.4, 0.5) is 0 Å². The van der Waals surface area contributed by atoms with Crippen molar-refractivity contribution in [1.82, 2.24) is 4.90 Å². The molecule has 86 valence electrons. The molecule has 0 atom stereocenters. The van der Waals surface area contributed by atoms with Gasteiger partial charge in [0.25, 0.3) is 0 Å². The van der Waals surface area contributed by atoms with Crippen molar-refractivity contribution in [2.75, 3.05) is 6.61 Å². The van der Waals surface area contributed by atoms with Crippen molar-refractivity contribution >= 4 is 11.9 Å². The lowest BCUT2D eigenvalue weighted by Crippen LogP contribution is -2.46. The van der Waals surface area contributed by atoms with Crippen molar-refractivity contribution in [2.45, 2.75) is 39.8 Å². The molecule has 0 saturated carbocycles. The van der Waals surface area contributed by atoms with E-state index in [0.29, 0.717) is 0 Å². The van der Waals surface area contributed by atoms with Crippen LogP contribution < -0.4 is 0 Å². The molecule has 4 heteroatoms. The molecule has 0 saturated heterocycles. The molecule has 15 heavy (non-hydrogen) atoms. The molecule has 0 aliphatic rings. The van der Waals surface area contributed by atoms with Crippen LogP contribution >= 0.6 is 0 Å². The van der Waals surface area contributed by atoms with Crippen LogP contribution in [0.1, 0.15) is 27.7 Å². The van der Waals surface area contributed by atoms with Crippen LogP contribution in [-0.2, 0) is 14.3 Å². The van der Waals surface area contributed by atoms with Gasteiger partial charge in [0.1, 0.15) is 6.61 Å². The van der Waals surface area contributed by atoms with Crippen LogP contribution in [0.5, 0.6) is 0 Å². The second kappa shape index (κ2) is 6.22. The molecule has 0 unspecified atom stereocenters. The van der Waals surface area contributed by atoms with Gasteiger partial charge in [-0.05, 0) is 27.7 Å². The lowest BCUT2D eigenvalue weighted by Gasteiger charge is -2.29. The van der Waals surface area contributed by atoms with E-state index in [-0.39, 0.29) is 18.7 Å². The SMILES string of the molecule is C=CCOC(=O)C(=O)N(C(C)C)C(C)C. The number of rotatable bonds is 4. The normalized spacial score (nSPS) is 10.3. The summed E-state index contributed by atoms with van der Waals surface area (Å²) >= 11 is 0. The maximum atomic E-state index is 11.6. The van der Waals surface area contributed by atoms with E-state index in [2.05, 4.69) is 11.3 Å². The van der Waals surface area contributed by atoms with Gasteiger partial charge in [-0.25, -0.2) is 4.79 Å². The second-order valence-corrected chi connectivity index (χ2v) is 3.79. The van der Waals surface area contributed by atoms with Gasteiger partial charge in [0.05, 0.1) is 0 Å². The number of carbonyl (C=O) groups is 2. The molecule has 0 bridgehead atoms. The van der Waals surface area contributed by atoms with E-state index in [9.17, 15) is 9.59 Å². The molecule has 0 spiro atoms. The molecule has 0 rings (SSSR count). The summed E-state index contributed by atoms with van der Waals surface area (Å²) in [6.45, 7) is 10.9. The molecular formula is C11H19NO3. The Hall–Kier alpha value is -1.32. The van der Waals surface area contributed by atoms with Crippen LogP contribution in [0.3, 0.4) is 0 Å². The van der Waals surface area contributed by atoms with Gasteiger partial charge in [-0.15, -0.1) is 0 Å². The van der Waals surface area contributed by atoms with Gasteiger partial charge in [-0.3, -0.25) is 4.79 Å². The summed E-state index contributed by atoms with van der Waals surface area (Å²) < 4.78 is 4.69. The summed E-state index contributed by atoms with van der Waals surface area (Å²) in [5.41, 5.74) is 0. The van der Waals surface area contributed by atoms with Crippen LogP contribution in [0.15, 0.2) is 12.7 Å². The molecule has 0 N–H and O–H groups in total. The average Bonchev–Trinajstić information content (AvgIpc) is 2.12.